The summed E-state index contributed by atoms with van der Waals surface area (Å²) in [7, 11) is 0. The maximum absolute atomic E-state index is 10.7. The molecular formula is C11H14ClNO2. The minimum Gasteiger partial charge on any atom is -0.276 e. The van der Waals surface area contributed by atoms with E-state index in [-0.39, 0.29) is 12.0 Å². The van der Waals surface area contributed by atoms with Gasteiger partial charge in [0.15, 0.2) is 0 Å². The highest BCUT2D eigenvalue weighted by Gasteiger charge is 2.26. The largest absolute Gasteiger partial charge is 0.276 e. The maximum Gasteiger partial charge on any atom is 0.245 e. The van der Waals surface area contributed by atoms with Gasteiger partial charge >= 0.3 is 0 Å². The number of carbonyl (C=O) groups excluding carboxylic acids is 2. The predicted molar refractivity (Wildman–Crippen MR) is 58.5 cm³/mol. The molecule has 4 heteroatoms. The number of aliphatic imine (C=N–C) groups is 1. The van der Waals surface area contributed by atoms with Gasteiger partial charge in [-0.3, -0.25) is 4.79 Å². The minimum absolute atomic E-state index is 0.0245. The first-order valence-corrected chi connectivity index (χ1v) is 5.47. The zero-order valence-electron chi connectivity index (χ0n) is 8.70. The van der Waals surface area contributed by atoms with Crippen molar-refractivity contribution in [2.24, 2.45) is 10.9 Å². The molecule has 0 N–H and O–H groups in total. The lowest BCUT2D eigenvalue weighted by Crippen LogP contribution is -2.24. The van der Waals surface area contributed by atoms with Crippen molar-refractivity contribution < 1.29 is 9.59 Å². The Labute approximate surface area is 94.2 Å². The molecule has 0 aromatic heterocycles. The topological polar surface area (TPSA) is 46.5 Å². The molecule has 1 fully saturated rings. The molecule has 0 radical (unpaired) electrons. The molecule has 82 valence electrons. The number of rotatable bonds is 3. The summed E-state index contributed by atoms with van der Waals surface area (Å²) < 4.78 is 0. The van der Waals surface area contributed by atoms with E-state index in [1.807, 2.05) is 6.92 Å². The molecule has 2 unspecified atom stereocenters. The van der Waals surface area contributed by atoms with Crippen molar-refractivity contribution in [3.63, 3.8) is 0 Å². The number of nitrogens with zero attached hydrogens (tertiary/aromatic N) is 1. The van der Waals surface area contributed by atoms with Crippen LogP contribution in [-0.2, 0) is 9.59 Å². The number of carbonyl (C=O) groups is 1. The molecule has 1 aliphatic carbocycles. The summed E-state index contributed by atoms with van der Waals surface area (Å²) >= 11 is 5.29. The molecule has 0 saturated heterocycles. The molecule has 1 saturated carbocycles. The van der Waals surface area contributed by atoms with Crippen molar-refractivity contribution in [3.8, 4) is 0 Å². The second kappa shape index (κ2) is 5.84. The van der Waals surface area contributed by atoms with Crippen molar-refractivity contribution >= 4 is 22.9 Å². The van der Waals surface area contributed by atoms with E-state index in [1.165, 1.54) is 6.08 Å². The molecule has 1 aliphatic rings. The zero-order valence-corrected chi connectivity index (χ0v) is 9.46. The Kier molecular flexibility index (Phi) is 4.73. The smallest absolute Gasteiger partial charge is 0.245 e. The third kappa shape index (κ3) is 3.61. The molecule has 0 heterocycles. The van der Waals surface area contributed by atoms with E-state index in [0.29, 0.717) is 0 Å². The van der Waals surface area contributed by atoms with Gasteiger partial charge in [-0.2, -0.15) is 0 Å². The van der Waals surface area contributed by atoms with Crippen LogP contribution in [0.5, 0.6) is 0 Å². The normalized spacial score (nSPS) is 26.9. The van der Waals surface area contributed by atoms with E-state index in [2.05, 4.69) is 4.99 Å². The monoisotopic (exact) mass is 227 g/mol. The van der Waals surface area contributed by atoms with Crippen molar-refractivity contribution in [1.29, 1.82) is 0 Å². The fourth-order valence-electron chi connectivity index (χ4n) is 2.15. The van der Waals surface area contributed by atoms with Crippen LogP contribution in [0.3, 0.4) is 0 Å². The van der Waals surface area contributed by atoms with Crippen molar-refractivity contribution in [2.75, 3.05) is 0 Å². The predicted octanol–water partition coefficient (Wildman–Crippen LogP) is 2.59. The fourth-order valence-corrected chi connectivity index (χ4v) is 2.32. The average molecular weight is 228 g/mol. The van der Waals surface area contributed by atoms with E-state index in [9.17, 15) is 9.59 Å². The summed E-state index contributed by atoms with van der Waals surface area (Å²) in [5.41, 5.74) is 0.915. The van der Waals surface area contributed by atoms with Crippen LogP contribution in [0, 0.1) is 5.92 Å². The third-order valence-corrected chi connectivity index (χ3v) is 2.98. The quantitative estimate of drug-likeness (QED) is 0.322. The lowest BCUT2D eigenvalue weighted by atomic mass is 9.80. The van der Waals surface area contributed by atoms with Crippen LogP contribution >= 0.6 is 11.6 Å². The first kappa shape index (κ1) is 12.2. The molecule has 2 atom stereocenters. The first-order chi connectivity index (χ1) is 7.15. The van der Waals surface area contributed by atoms with Crippen molar-refractivity contribution in [2.45, 2.75) is 38.6 Å². The molecule has 0 spiro atoms. The molecule has 0 bridgehead atoms. The van der Waals surface area contributed by atoms with Crippen LogP contribution in [0.25, 0.3) is 0 Å². The Balaban J connectivity index is 2.79. The minimum atomic E-state index is -0.466. The van der Waals surface area contributed by atoms with Crippen LogP contribution in [0.2, 0.25) is 0 Å². The van der Waals surface area contributed by atoms with Gasteiger partial charge in [0.25, 0.3) is 0 Å². The van der Waals surface area contributed by atoms with Gasteiger partial charge in [-0.15, -0.1) is 0 Å². The van der Waals surface area contributed by atoms with Gasteiger partial charge in [0.1, 0.15) is 0 Å². The second-order valence-corrected chi connectivity index (χ2v) is 4.24. The van der Waals surface area contributed by atoms with Crippen LogP contribution in [0.1, 0.15) is 32.6 Å². The number of isocyanates is 1. The molecule has 1 rings (SSSR count). The number of hydrogen-bond acceptors (Lipinski definition) is 3. The summed E-state index contributed by atoms with van der Waals surface area (Å²) in [6.45, 7) is 1.86. The van der Waals surface area contributed by atoms with E-state index in [1.54, 1.807) is 6.08 Å². The Morgan fingerprint density at radius 2 is 2.13 bits per heavy atom. The molecular weight excluding hydrogens is 214 g/mol. The van der Waals surface area contributed by atoms with Crippen LogP contribution < -0.4 is 0 Å². The highest BCUT2D eigenvalue weighted by molar-refractivity contribution is 6.66. The van der Waals surface area contributed by atoms with Gasteiger partial charge in [0, 0.05) is 5.92 Å². The first-order valence-electron chi connectivity index (χ1n) is 5.09. The number of hydrogen-bond donors (Lipinski definition) is 0. The van der Waals surface area contributed by atoms with Crippen LogP contribution in [-0.4, -0.2) is 17.4 Å². The highest BCUT2D eigenvalue weighted by atomic mass is 35.5. The van der Waals surface area contributed by atoms with Gasteiger partial charge in [-0.1, -0.05) is 18.4 Å². The average Bonchev–Trinajstić information content (AvgIpc) is 2.18. The van der Waals surface area contributed by atoms with Crippen LogP contribution in [0.15, 0.2) is 16.6 Å². The Morgan fingerprint density at radius 3 is 2.73 bits per heavy atom. The molecule has 0 aliphatic heterocycles. The molecule has 15 heavy (non-hydrogen) atoms. The Morgan fingerprint density at radius 1 is 1.47 bits per heavy atom. The SMILES string of the molecule is CC(=CC(=O)Cl)C1CCCCC1N=C=O. The standard InChI is InChI=1S/C11H14ClNO2/c1-8(6-11(12)15)9-4-2-3-5-10(9)13-7-14/h6,9-10H,2-5H2,1H3. The summed E-state index contributed by atoms with van der Waals surface area (Å²) in [6, 6.07) is -0.0245. The van der Waals surface area contributed by atoms with Crippen molar-refractivity contribution in [1.82, 2.24) is 0 Å². The summed E-state index contributed by atoms with van der Waals surface area (Å²) in [5.74, 6) is 0.169. The molecule has 0 aromatic rings. The molecule has 0 aromatic carbocycles. The Bertz CT molecular complexity index is 319. The highest BCUT2D eigenvalue weighted by Crippen LogP contribution is 2.31. The van der Waals surface area contributed by atoms with Gasteiger partial charge in [-0.25, -0.2) is 9.79 Å². The number of allylic oxidation sites excluding steroid dienone is 1. The van der Waals surface area contributed by atoms with E-state index in [0.717, 1.165) is 31.3 Å². The van der Waals surface area contributed by atoms with Crippen LogP contribution in [0.4, 0.5) is 0 Å². The lowest BCUT2D eigenvalue weighted by Gasteiger charge is -2.28. The summed E-state index contributed by atoms with van der Waals surface area (Å²) in [4.78, 5) is 24.8. The van der Waals surface area contributed by atoms with Gasteiger partial charge < -0.3 is 0 Å². The van der Waals surface area contributed by atoms with E-state index in [4.69, 9.17) is 11.6 Å². The van der Waals surface area contributed by atoms with Gasteiger partial charge in [0.2, 0.25) is 11.3 Å². The molecule has 0 amide bonds. The Hall–Kier alpha value is -0.920. The van der Waals surface area contributed by atoms with Crippen molar-refractivity contribution in [3.05, 3.63) is 11.6 Å². The summed E-state index contributed by atoms with van der Waals surface area (Å²) in [6.07, 6.45) is 7.06. The maximum atomic E-state index is 10.7. The zero-order chi connectivity index (χ0) is 11.3. The molecule has 3 nitrogen and oxygen atoms in total. The van der Waals surface area contributed by atoms with E-state index < -0.39 is 5.24 Å². The van der Waals surface area contributed by atoms with Gasteiger partial charge in [0.05, 0.1) is 6.04 Å². The second-order valence-electron chi connectivity index (χ2n) is 3.87. The van der Waals surface area contributed by atoms with Gasteiger partial charge in [-0.05, 0) is 37.4 Å². The summed E-state index contributed by atoms with van der Waals surface area (Å²) in [5, 5.41) is -0.466. The number of halogens is 1. The third-order valence-electron chi connectivity index (χ3n) is 2.87. The fraction of sp³-hybridized carbons (Fsp3) is 0.636. The lowest BCUT2D eigenvalue weighted by molar-refractivity contribution is -0.107. The van der Waals surface area contributed by atoms with E-state index >= 15 is 0 Å².